The van der Waals surface area contributed by atoms with Crippen molar-refractivity contribution < 1.29 is 27.4 Å². The largest absolute Gasteiger partial charge is 0.493 e. The molecule has 1 N–H and O–H groups in total. The predicted octanol–water partition coefficient (Wildman–Crippen LogP) is 2.21. The molecule has 0 fully saturated rings. The Morgan fingerprint density at radius 3 is 2.00 bits per heavy atom. The average Bonchev–Trinajstić information content (AvgIpc) is 2.76. The smallest absolute Gasteiger partial charge is 0.240 e. The number of ether oxygens (including phenoxy) is 3. The third-order valence-corrected chi connectivity index (χ3v) is 6.13. The third-order valence-electron chi connectivity index (χ3n) is 4.70. The van der Waals surface area contributed by atoms with E-state index in [2.05, 4.69) is 4.72 Å². The van der Waals surface area contributed by atoms with Crippen LogP contribution in [0, 0.1) is 0 Å². The molecule has 0 bridgehead atoms. The number of nitrogens with one attached hydrogen (secondary N) is 1. The van der Waals surface area contributed by atoms with Gasteiger partial charge in [-0.25, -0.2) is 13.1 Å². The number of aryl methyl sites for hydroxylation is 1. The van der Waals surface area contributed by atoms with E-state index in [4.69, 9.17) is 14.2 Å². The lowest BCUT2D eigenvalue weighted by Crippen LogP contribution is -2.26. The number of methoxy groups -OCH3 is 3. The molecule has 0 aliphatic rings. The fraction of sp³-hybridized carbons (Fsp3) is 0.381. The molecule has 2 aromatic carbocycles. The predicted molar refractivity (Wildman–Crippen MR) is 114 cm³/mol. The molecule has 0 atom stereocenters. The van der Waals surface area contributed by atoms with Crippen molar-refractivity contribution in [2.45, 2.75) is 24.3 Å². The first-order valence-corrected chi connectivity index (χ1v) is 10.8. The average molecular weight is 437 g/mol. The van der Waals surface area contributed by atoms with Crippen LogP contribution in [0.25, 0.3) is 0 Å². The van der Waals surface area contributed by atoms with Crippen LogP contribution < -0.4 is 18.9 Å². The van der Waals surface area contributed by atoms with Crippen LogP contribution in [0.4, 0.5) is 0 Å². The van der Waals surface area contributed by atoms with Crippen molar-refractivity contribution in [2.24, 2.45) is 0 Å². The van der Waals surface area contributed by atoms with Gasteiger partial charge in [0.1, 0.15) is 0 Å². The molecule has 0 saturated carbocycles. The molecule has 30 heavy (non-hydrogen) atoms. The Morgan fingerprint density at radius 2 is 1.53 bits per heavy atom. The molecule has 0 aliphatic carbocycles. The van der Waals surface area contributed by atoms with Crippen molar-refractivity contribution in [3.63, 3.8) is 0 Å². The molecular formula is C21H28N2O6S. The van der Waals surface area contributed by atoms with Crippen molar-refractivity contribution >= 4 is 15.9 Å². The van der Waals surface area contributed by atoms with Crippen LogP contribution in [0.3, 0.4) is 0 Å². The molecule has 9 heteroatoms. The lowest BCUT2D eigenvalue weighted by Gasteiger charge is -2.19. The summed E-state index contributed by atoms with van der Waals surface area (Å²) in [5, 5.41) is 0. The van der Waals surface area contributed by atoms with Crippen LogP contribution in [-0.4, -0.2) is 54.6 Å². The van der Waals surface area contributed by atoms with Gasteiger partial charge in [-0.2, -0.15) is 0 Å². The molecule has 0 saturated heterocycles. The number of amides is 1. The van der Waals surface area contributed by atoms with Gasteiger partial charge in [-0.05, 0) is 48.9 Å². The van der Waals surface area contributed by atoms with Gasteiger partial charge in [-0.3, -0.25) is 4.79 Å². The summed E-state index contributed by atoms with van der Waals surface area (Å²) >= 11 is 0. The van der Waals surface area contributed by atoms with E-state index in [0.717, 1.165) is 11.1 Å². The van der Waals surface area contributed by atoms with E-state index < -0.39 is 10.0 Å². The second kappa shape index (κ2) is 10.3. The minimum absolute atomic E-state index is 0.0318. The lowest BCUT2D eigenvalue weighted by molar-refractivity contribution is -0.130. The molecule has 2 rings (SSSR count). The first-order valence-electron chi connectivity index (χ1n) is 9.31. The van der Waals surface area contributed by atoms with Crippen LogP contribution in [0.15, 0.2) is 41.3 Å². The molecule has 0 aromatic heterocycles. The van der Waals surface area contributed by atoms with Crippen LogP contribution in [-0.2, 0) is 27.8 Å². The maximum Gasteiger partial charge on any atom is 0.240 e. The first-order chi connectivity index (χ1) is 14.2. The van der Waals surface area contributed by atoms with Gasteiger partial charge < -0.3 is 19.1 Å². The Bertz CT molecular complexity index is 948. The molecule has 2 aromatic rings. The van der Waals surface area contributed by atoms with E-state index in [9.17, 15) is 13.2 Å². The summed E-state index contributed by atoms with van der Waals surface area (Å²) in [5.41, 5.74) is 1.74. The SMILES string of the molecule is CNS(=O)(=O)c1ccc(CCC(=O)N(C)Cc2cc(OC)c(OC)c(OC)c2)cc1. The molecule has 8 nitrogen and oxygen atoms in total. The van der Waals surface area contributed by atoms with Gasteiger partial charge in [-0.15, -0.1) is 0 Å². The lowest BCUT2D eigenvalue weighted by atomic mass is 10.1. The number of carbonyl (C=O) groups excluding carboxylic acids is 1. The van der Waals surface area contributed by atoms with Crippen LogP contribution in [0.2, 0.25) is 0 Å². The zero-order chi connectivity index (χ0) is 22.3. The molecule has 0 heterocycles. The summed E-state index contributed by atoms with van der Waals surface area (Å²) in [4.78, 5) is 14.4. The van der Waals surface area contributed by atoms with Gasteiger partial charge in [0.2, 0.25) is 21.7 Å². The van der Waals surface area contributed by atoms with E-state index in [-0.39, 0.29) is 10.8 Å². The summed E-state index contributed by atoms with van der Waals surface area (Å²) in [6.07, 6.45) is 0.817. The monoisotopic (exact) mass is 436 g/mol. The second-order valence-corrected chi connectivity index (χ2v) is 8.52. The van der Waals surface area contributed by atoms with Crippen molar-refractivity contribution in [1.82, 2.24) is 9.62 Å². The highest BCUT2D eigenvalue weighted by atomic mass is 32.2. The summed E-state index contributed by atoms with van der Waals surface area (Å²) in [7, 11) is 4.26. The number of benzene rings is 2. The fourth-order valence-electron chi connectivity index (χ4n) is 2.98. The van der Waals surface area contributed by atoms with Crippen molar-refractivity contribution in [3.8, 4) is 17.2 Å². The molecule has 164 valence electrons. The number of hydrogen-bond donors (Lipinski definition) is 1. The number of carbonyl (C=O) groups is 1. The van der Waals surface area contributed by atoms with E-state index in [1.54, 1.807) is 38.3 Å². The topological polar surface area (TPSA) is 94.2 Å². The van der Waals surface area contributed by atoms with Gasteiger partial charge in [0.25, 0.3) is 0 Å². The zero-order valence-electron chi connectivity index (χ0n) is 17.9. The fourth-order valence-corrected chi connectivity index (χ4v) is 3.71. The number of nitrogens with zero attached hydrogens (tertiary/aromatic N) is 1. The third kappa shape index (κ3) is 5.64. The van der Waals surface area contributed by atoms with Gasteiger partial charge in [0.15, 0.2) is 11.5 Å². The van der Waals surface area contributed by atoms with E-state index in [0.29, 0.717) is 36.6 Å². The highest BCUT2D eigenvalue weighted by Crippen LogP contribution is 2.38. The minimum atomic E-state index is -3.47. The number of rotatable bonds is 10. The minimum Gasteiger partial charge on any atom is -0.493 e. The molecule has 1 amide bonds. The summed E-state index contributed by atoms with van der Waals surface area (Å²) in [6.45, 7) is 0.384. The van der Waals surface area contributed by atoms with Gasteiger partial charge in [-0.1, -0.05) is 12.1 Å². The molecule has 0 unspecified atom stereocenters. The summed E-state index contributed by atoms with van der Waals surface area (Å²) < 4.78 is 41.8. The van der Waals surface area contributed by atoms with Crippen molar-refractivity contribution in [3.05, 3.63) is 47.5 Å². The molecule has 0 spiro atoms. The van der Waals surface area contributed by atoms with Crippen molar-refractivity contribution in [2.75, 3.05) is 35.4 Å². The Hall–Kier alpha value is -2.78. The van der Waals surface area contributed by atoms with Gasteiger partial charge >= 0.3 is 0 Å². The van der Waals surface area contributed by atoms with E-state index in [1.807, 2.05) is 12.1 Å². The van der Waals surface area contributed by atoms with Crippen molar-refractivity contribution in [1.29, 1.82) is 0 Å². The molecule has 0 aliphatic heterocycles. The maximum atomic E-state index is 12.6. The zero-order valence-corrected chi connectivity index (χ0v) is 18.7. The molecule has 0 radical (unpaired) electrons. The number of hydrogen-bond acceptors (Lipinski definition) is 6. The Balaban J connectivity index is 2.01. The van der Waals surface area contributed by atoms with Crippen LogP contribution in [0.1, 0.15) is 17.5 Å². The highest BCUT2D eigenvalue weighted by molar-refractivity contribution is 7.89. The van der Waals surface area contributed by atoms with Crippen LogP contribution >= 0.6 is 0 Å². The second-order valence-electron chi connectivity index (χ2n) is 6.63. The summed E-state index contributed by atoms with van der Waals surface area (Å²) in [6, 6.07) is 10.1. The standard InChI is InChI=1S/C21H28N2O6S/c1-22-30(25,26)17-9-6-15(7-10-17)8-11-20(24)23(2)14-16-12-18(27-3)21(29-5)19(13-16)28-4/h6-7,9-10,12-13,22H,8,11,14H2,1-5H3. The van der Waals surface area contributed by atoms with Gasteiger partial charge in [0, 0.05) is 20.0 Å². The number of sulfonamides is 1. The van der Waals surface area contributed by atoms with E-state index in [1.165, 1.54) is 26.3 Å². The van der Waals surface area contributed by atoms with Crippen LogP contribution in [0.5, 0.6) is 17.2 Å². The Kier molecular flexibility index (Phi) is 8.08. The normalized spacial score (nSPS) is 11.1. The molecular weight excluding hydrogens is 408 g/mol. The first kappa shape index (κ1) is 23.5. The summed E-state index contributed by atoms with van der Waals surface area (Å²) in [5.74, 6) is 1.53. The quantitative estimate of drug-likeness (QED) is 0.614. The highest BCUT2D eigenvalue weighted by Gasteiger charge is 2.16. The van der Waals surface area contributed by atoms with Gasteiger partial charge in [0.05, 0.1) is 26.2 Å². The Morgan fingerprint density at radius 1 is 0.967 bits per heavy atom. The Labute approximate surface area is 177 Å². The maximum absolute atomic E-state index is 12.6. The van der Waals surface area contributed by atoms with E-state index >= 15 is 0 Å².